The lowest BCUT2D eigenvalue weighted by molar-refractivity contribution is 0.304. The maximum atomic E-state index is 10.7. The molecule has 11 heavy (non-hydrogen) atoms. The third-order valence-corrected chi connectivity index (χ3v) is 0.987. The summed E-state index contributed by atoms with van der Waals surface area (Å²) in [6, 6.07) is 1.01. The summed E-state index contributed by atoms with van der Waals surface area (Å²) >= 11 is 0. The smallest absolute Gasteiger partial charge is 0.299 e. The number of aromatic amines is 1. The van der Waals surface area contributed by atoms with Gasteiger partial charge in [0, 0.05) is 0 Å². The highest BCUT2D eigenvalue weighted by atomic mass is 16.5. The zero-order valence-corrected chi connectivity index (χ0v) is 6.00. The molecule has 0 aliphatic carbocycles. The standard InChI is InChI=1S/C6H8N2O3/c1-2-11-6-7-4(9)3-5(10)8-6/h3H,2H2,1H3,(H2,7,8,9,10). The van der Waals surface area contributed by atoms with Crippen LogP contribution in [0.15, 0.2) is 10.9 Å². The van der Waals surface area contributed by atoms with Crippen LogP contribution in [-0.2, 0) is 0 Å². The number of hydrogen-bond donors (Lipinski definition) is 2. The molecule has 5 heteroatoms. The van der Waals surface area contributed by atoms with Crippen LogP contribution in [0.4, 0.5) is 0 Å². The molecule has 0 radical (unpaired) electrons. The molecule has 0 spiro atoms. The summed E-state index contributed by atoms with van der Waals surface area (Å²) in [5, 5.41) is 8.81. The molecule has 0 aliphatic heterocycles. The van der Waals surface area contributed by atoms with Gasteiger partial charge in [-0.1, -0.05) is 0 Å². The molecule has 1 heterocycles. The monoisotopic (exact) mass is 156 g/mol. The Bertz CT molecular complexity index is 294. The van der Waals surface area contributed by atoms with E-state index in [9.17, 15) is 4.79 Å². The molecule has 0 saturated carbocycles. The Kier molecular flexibility index (Phi) is 2.10. The minimum absolute atomic E-state index is 0.0394. The fraction of sp³-hybridized carbons (Fsp3) is 0.333. The van der Waals surface area contributed by atoms with Gasteiger partial charge in [0.1, 0.15) is 0 Å². The lowest BCUT2D eigenvalue weighted by atomic mass is 10.6. The number of aromatic nitrogens is 2. The molecule has 1 aromatic rings. The van der Waals surface area contributed by atoms with Crippen molar-refractivity contribution < 1.29 is 9.84 Å². The minimum Gasteiger partial charge on any atom is -0.493 e. The van der Waals surface area contributed by atoms with Crippen LogP contribution in [0.5, 0.6) is 11.9 Å². The molecular formula is C6H8N2O3. The first-order valence-electron chi connectivity index (χ1n) is 3.15. The van der Waals surface area contributed by atoms with Crippen molar-refractivity contribution in [1.29, 1.82) is 0 Å². The van der Waals surface area contributed by atoms with E-state index < -0.39 is 5.56 Å². The molecule has 60 valence electrons. The minimum atomic E-state index is -0.430. The maximum absolute atomic E-state index is 10.7. The first-order valence-corrected chi connectivity index (χ1v) is 3.15. The lowest BCUT2D eigenvalue weighted by Crippen LogP contribution is -2.08. The van der Waals surface area contributed by atoms with E-state index in [-0.39, 0.29) is 11.9 Å². The Labute approximate surface area is 62.7 Å². The number of aromatic hydroxyl groups is 1. The van der Waals surface area contributed by atoms with Gasteiger partial charge in [0.15, 0.2) is 0 Å². The highest BCUT2D eigenvalue weighted by Gasteiger charge is 1.97. The number of H-pyrrole nitrogens is 1. The zero-order chi connectivity index (χ0) is 8.27. The molecule has 0 amide bonds. The Balaban J connectivity index is 2.99. The summed E-state index contributed by atoms with van der Waals surface area (Å²) in [5.74, 6) is -0.336. The van der Waals surface area contributed by atoms with E-state index in [0.717, 1.165) is 6.07 Å². The van der Waals surface area contributed by atoms with Crippen LogP contribution in [-0.4, -0.2) is 21.7 Å². The van der Waals surface area contributed by atoms with E-state index >= 15 is 0 Å². The number of nitrogens with one attached hydrogen (secondary N) is 1. The summed E-state index contributed by atoms with van der Waals surface area (Å²) in [6.07, 6.45) is 0. The molecule has 0 fully saturated rings. The quantitative estimate of drug-likeness (QED) is 0.625. The molecule has 0 aliphatic rings. The summed E-state index contributed by atoms with van der Waals surface area (Å²) in [5.41, 5.74) is -0.430. The Morgan fingerprint density at radius 3 is 3.09 bits per heavy atom. The highest BCUT2D eigenvalue weighted by Crippen LogP contribution is 2.03. The molecule has 0 atom stereocenters. The first-order chi connectivity index (χ1) is 5.22. The molecule has 0 saturated heterocycles. The van der Waals surface area contributed by atoms with Crippen molar-refractivity contribution in [2.24, 2.45) is 0 Å². The largest absolute Gasteiger partial charge is 0.493 e. The zero-order valence-electron chi connectivity index (χ0n) is 6.00. The average molecular weight is 156 g/mol. The molecule has 1 rings (SSSR count). The van der Waals surface area contributed by atoms with Crippen molar-refractivity contribution in [2.45, 2.75) is 6.92 Å². The van der Waals surface area contributed by atoms with Crippen molar-refractivity contribution in [3.63, 3.8) is 0 Å². The third-order valence-electron chi connectivity index (χ3n) is 0.987. The number of ether oxygens (including phenoxy) is 1. The van der Waals surface area contributed by atoms with Crippen molar-refractivity contribution in [1.82, 2.24) is 9.97 Å². The Morgan fingerprint density at radius 2 is 2.55 bits per heavy atom. The topological polar surface area (TPSA) is 75.2 Å². The molecular weight excluding hydrogens is 148 g/mol. The fourth-order valence-corrected chi connectivity index (χ4v) is 0.628. The van der Waals surface area contributed by atoms with Gasteiger partial charge in [0.2, 0.25) is 5.88 Å². The second-order valence-corrected chi connectivity index (χ2v) is 1.84. The second kappa shape index (κ2) is 3.05. The van der Waals surface area contributed by atoms with Crippen molar-refractivity contribution in [2.75, 3.05) is 6.61 Å². The number of nitrogens with zero attached hydrogens (tertiary/aromatic N) is 1. The van der Waals surface area contributed by atoms with Gasteiger partial charge in [-0.15, -0.1) is 0 Å². The van der Waals surface area contributed by atoms with Crippen molar-refractivity contribution in [3.8, 4) is 11.9 Å². The van der Waals surface area contributed by atoms with E-state index in [2.05, 4.69) is 9.97 Å². The predicted octanol–water partition coefficient (Wildman–Crippen LogP) is -0.126. The Morgan fingerprint density at radius 1 is 1.82 bits per heavy atom. The highest BCUT2D eigenvalue weighted by molar-refractivity contribution is 5.08. The van der Waals surface area contributed by atoms with Crippen molar-refractivity contribution in [3.05, 3.63) is 16.4 Å². The van der Waals surface area contributed by atoms with Crippen LogP contribution in [0.1, 0.15) is 6.92 Å². The van der Waals surface area contributed by atoms with Crippen molar-refractivity contribution >= 4 is 0 Å². The van der Waals surface area contributed by atoms with Crippen LogP contribution in [0.3, 0.4) is 0 Å². The molecule has 1 aromatic heterocycles. The summed E-state index contributed by atoms with van der Waals surface area (Å²) in [7, 11) is 0. The second-order valence-electron chi connectivity index (χ2n) is 1.84. The normalized spacial score (nSPS) is 9.55. The SMILES string of the molecule is CCOc1nc(O)cc(=O)[nH]1. The van der Waals surface area contributed by atoms with Crippen LogP contribution in [0.2, 0.25) is 0 Å². The van der Waals surface area contributed by atoms with E-state index in [1.165, 1.54) is 0 Å². The van der Waals surface area contributed by atoms with Crippen LogP contribution < -0.4 is 10.3 Å². The van der Waals surface area contributed by atoms with Gasteiger partial charge in [0.05, 0.1) is 12.7 Å². The van der Waals surface area contributed by atoms with Gasteiger partial charge in [0.25, 0.3) is 11.6 Å². The van der Waals surface area contributed by atoms with Gasteiger partial charge in [-0.05, 0) is 6.92 Å². The predicted molar refractivity (Wildman–Crippen MR) is 37.7 cm³/mol. The lowest BCUT2D eigenvalue weighted by Gasteiger charge is -1.99. The van der Waals surface area contributed by atoms with Gasteiger partial charge < -0.3 is 9.84 Å². The van der Waals surface area contributed by atoms with Gasteiger partial charge in [-0.2, -0.15) is 4.98 Å². The summed E-state index contributed by atoms with van der Waals surface area (Å²) < 4.78 is 4.84. The molecule has 0 aromatic carbocycles. The van der Waals surface area contributed by atoms with E-state index in [0.29, 0.717) is 6.61 Å². The molecule has 0 unspecified atom stereocenters. The first kappa shape index (κ1) is 7.59. The Hall–Kier alpha value is -1.52. The molecule has 2 N–H and O–H groups in total. The molecule has 5 nitrogen and oxygen atoms in total. The van der Waals surface area contributed by atoms with Gasteiger partial charge in [-0.25, -0.2) is 0 Å². The summed E-state index contributed by atoms with van der Waals surface area (Å²) in [4.78, 5) is 16.5. The third kappa shape index (κ3) is 1.96. The molecule has 0 bridgehead atoms. The van der Waals surface area contributed by atoms with Gasteiger partial charge >= 0.3 is 0 Å². The summed E-state index contributed by atoms with van der Waals surface area (Å²) in [6.45, 7) is 2.15. The van der Waals surface area contributed by atoms with E-state index in [1.807, 2.05) is 0 Å². The van der Waals surface area contributed by atoms with Gasteiger partial charge in [-0.3, -0.25) is 9.78 Å². The van der Waals surface area contributed by atoms with Crippen LogP contribution in [0.25, 0.3) is 0 Å². The van der Waals surface area contributed by atoms with Crippen LogP contribution in [0, 0.1) is 0 Å². The van der Waals surface area contributed by atoms with Crippen LogP contribution >= 0.6 is 0 Å². The maximum Gasteiger partial charge on any atom is 0.299 e. The fourth-order valence-electron chi connectivity index (χ4n) is 0.628. The van der Waals surface area contributed by atoms with E-state index in [1.54, 1.807) is 6.92 Å². The number of rotatable bonds is 2. The van der Waals surface area contributed by atoms with E-state index in [4.69, 9.17) is 9.84 Å². The number of hydrogen-bond acceptors (Lipinski definition) is 4. The average Bonchev–Trinajstić information content (AvgIpc) is 1.85.